The zero-order chi connectivity index (χ0) is 33.4. The molecule has 45 heavy (non-hydrogen) atoms. The minimum absolute atomic E-state index is 0.123. The Morgan fingerprint density at radius 1 is 0.689 bits per heavy atom. The van der Waals surface area contributed by atoms with Gasteiger partial charge in [-0.1, -0.05) is 140 Å². The van der Waals surface area contributed by atoms with E-state index in [-0.39, 0.29) is 19.0 Å². The molecule has 0 radical (unpaired) electrons. The molecule has 0 spiro atoms. The number of allylic oxidation sites excluding steroid dienone is 5. The van der Waals surface area contributed by atoms with Gasteiger partial charge in [0.05, 0.1) is 18.8 Å². The van der Waals surface area contributed by atoms with Crippen LogP contribution in [0.25, 0.3) is 0 Å². The molecule has 0 aromatic heterocycles. The summed E-state index contributed by atoms with van der Waals surface area (Å²) in [7, 11) is 0. The van der Waals surface area contributed by atoms with Crippen LogP contribution in [0.1, 0.15) is 143 Å². The molecule has 0 saturated heterocycles. The molecule has 0 aliphatic rings. The molecule has 0 heterocycles. The Kier molecular flexibility index (Phi) is 30.2. The maximum absolute atomic E-state index is 12.1. The average Bonchev–Trinajstić information content (AvgIpc) is 3.03. The van der Waals surface area contributed by atoms with E-state index >= 15 is 0 Å². The van der Waals surface area contributed by atoms with Crippen LogP contribution in [0.3, 0.4) is 0 Å². The lowest BCUT2D eigenvalue weighted by atomic mass is 9.99. The van der Waals surface area contributed by atoms with Crippen LogP contribution in [-0.4, -0.2) is 58.8 Å². The van der Waals surface area contributed by atoms with Gasteiger partial charge in [-0.2, -0.15) is 0 Å². The number of esters is 2. The van der Waals surface area contributed by atoms with Gasteiger partial charge in [-0.25, -0.2) is 0 Å². The first-order valence-electron chi connectivity index (χ1n) is 17.8. The molecule has 0 aliphatic heterocycles. The quantitative estimate of drug-likeness (QED) is 0.0314. The monoisotopic (exact) mass is 634 g/mol. The summed E-state index contributed by atoms with van der Waals surface area (Å²) in [6.45, 7) is 6.17. The first-order valence-corrected chi connectivity index (χ1v) is 17.8. The standard InChI is InChI=1S/C38H66O7/c1-4-6-7-8-14-19-25-34(40)26-20-16-17-21-27-35(41)28-23-30-37(42)44-32-36(31-39)45-38(43)29-22-15-12-10-9-11-13-18-24-33(3)5-2/h14,16-17,19-21,26-27,33-36,39-41H,4-13,15,18,22-25,28-32H2,1-3H3/b17-16+,19-14-,26-20+,27-21-/t33?,34-,35-,36+/m1/s1. The van der Waals surface area contributed by atoms with Crippen LogP contribution in [0, 0.1) is 5.92 Å². The van der Waals surface area contributed by atoms with Crippen LogP contribution in [0.15, 0.2) is 48.6 Å². The lowest BCUT2D eigenvalue weighted by Gasteiger charge is -2.16. The number of hydrogen-bond acceptors (Lipinski definition) is 7. The van der Waals surface area contributed by atoms with Gasteiger partial charge < -0.3 is 24.8 Å². The van der Waals surface area contributed by atoms with Crippen molar-refractivity contribution in [1.82, 2.24) is 0 Å². The summed E-state index contributed by atoms with van der Waals surface area (Å²) in [6.07, 6.45) is 30.8. The molecule has 3 N–H and O–H groups in total. The van der Waals surface area contributed by atoms with Gasteiger partial charge in [-0.3, -0.25) is 9.59 Å². The van der Waals surface area contributed by atoms with Crippen LogP contribution in [-0.2, 0) is 19.1 Å². The Bertz CT molecular complexity index is 817. The molecule has 0 fully saturated rings. The van der Waals surface area contributed by atoms with Gasteiger partial charge in [0, 0.05) is 12.8 Å². The van der Waals surface area contributed by atoms with Gasteiger partial charge in [0.15, 0.2) is 6.10 Å². The summed E-state index contributed by atoms with van der Waals surface area (Å²) in [6, 6.07) is 0. The van der Waals surface area contributed by atoms with Crippen molar-refractivity contribution in [3.63, 3.8) is 0 Å². The first kappa shape index (κ1) is 42.8. The fraction of sp³-hybridized carbons (Fsp3) is 0.737. The van der Waals surface area contributed by atoms with Gasteiger partial charge >= 0.3 is 11.9 Å². The predicted octanol–water partition coefficient (Wildman–Crippen LogP) is 8.47. The van der Waals surface area contributed by atoms with Crippen LogP contribution >= 0.6 is 0 Å². The van der Waals surface area contributed by atoms with Crippen molar-refractivity contribution < 1.29 is 34.4 Å². The van der Waals surface area contributed by atoms with E-state index in [1.807, 2.05) is 6.08 Å². The molecule has 0 amide bonds. The zero-order valence-corrected chi connectivity index (χ0v) is 28.8. The largest absolute Gasteiger partial charge is 0.462 e. The maximum atomic E-state index is 12.1. The second-order valence-corrected chi connectivity index (χ2v) is 12.2. The fourth-order valence-corrected chi connectivity index (χ4v) is 4.66. The molecule has 1 unspecified atom stereocenters. The van der Waals surface area contributed by atoms with Gasteiger partial charge in [0.25, 0.3) is 0 Å². The van der Waals surface area contributed by atoms with Gasteiger partial charge in [-0.05, 0) is 44.4 Å². The topological polar surface area (TPSA) is 113 Å². The third-order valence-corrected chi connectivity index (χ3v) is 7.86. The molecule has 0 aliphatic carbocycles. The Morgan fingerprint density at radius 3 is 1.96 bits per heavy atom. The average molecular weight is 635 g/mol. The number of carbonyl (C=O) groups is 2. The minimum Gasteiger partial charge on any atom is -0.462 e. The van der Waals surface area contributed by atoms with Crippen LogP contribution in [0.2, 0.25) is 0 Å². The molecule has 0 saturated carbocycles. The molecular formula is C38H66O7. The van der Waals surface area contributed by atoms with E-state index < -0.39 is 30.9 Å². The van der Waals surface area contributed by atoms with Crippen LogP contribution < -0.4 is 0 Å². The number of aliphatic hydroxyl groups is 3. The first-order chi connectivity index (χ1) is 21.8. The summed E-state index contributed by atoms with van der Waals surface area (Å²) < 4.78 is 10.4. The Hall–Kier alpha value is -2.22. The predicted molar refractivity (Wildman–Crippen MR) is 185 cm³/mol. The number of carbonyl (C=O) groups excluding carboxylic acids is 2. The molecule has 7 nitrogen and oxygen atoms in total. The van der Waals surface area contributed by atoms with Crippen molar-refractivity contribution in [3.8, 4) is 0 Å². The molecule has 0 aromatic carbocycles. The normalized spacial score (nSPS) is 14.9. The molecule has 260 valence electrons. The second kappa shape index (κ2) is 31.7. The van der Waals surface area contributed by atoms with Crippen molar-refractivity contribution in [1.29, 1.82) is 0 Å². The van der Waals surface area contributed by atoms with Crippen LogP contribution in [0.4, 0.5) is 0 Å². The number of rotatable bonds is 30. The van der Waals surface area contributed by atoms with Gasteiger partial charge in [-0.15, -0.1) is 0 Å². The Labute approximate surface area is 274 Å². The van der Waals surface area contributed by atoms with E-state index in [0.29, 0.717) is 25.7 Å². The highest BCUT2D eigenvalue weighted by atomic mass is 16.6. The summed E-state index contributed by atoms with van der Waals surface area (Å²) in [5, 5.41) is 29.6. The fourth-order valence-electron chi connectivity index (χ4n) is 4.66. The lowest BCUT2D eigenvalue weighted by Crippen LogP contribution is -2.28. The van der Waals surface area contributed by atoms with E-state index in [0.717, 1.165) is 31.6 Å². The zero-order valence-electron chi connectivity index (χ0n) is 28.8. The number of hydrogen-bond donors (Lipinski definition) is 3. The van der Waals surface area contributed by atoms with E-state index in [1.165, 1.54) is 64.2 Å². The lowest BCUT2D eigenvalue weighted by molar-refractivity contribution is -0.161. The SMILES string of the molecule is CCCCC/C=C\C[C@@H](O)/C=C/C=C/C=C\[C@@H](O)CCCC(=O)OC[C@H](CO)OC(=O)CCCCCCCCCCC(C)CC. The van der Waals surface area contributed by atoms with E-state index in [4.69, 9.17) is 9.47 Å². The van der Waals surface area contributed by atoms with Gasteiger partial charge in [0.1, 0.15) is 6.61 Å². The number of aliphatic hydroxyl groups excluding tert-OH is 3. The smallest absolute Gasteiger partial charge is 0.306 e. The van der Waals surface area contributed by atoms with Crippen molar-refractivity contribution >= 4 is 11.9 Å². The Balaban J connectivity index is 3.91. The molecule has 0 aromatic rings. The van der Waals surface area contributed by atoms with Crippen molar-refractivity contribution in [2.45, 2.75) is 161 Å². The maximum Gasteiger partial charge on any atom is 0.306 e. The highest BCUT2D eigenvalue weighted by Gasteiger charge is 2.16. The third kappa shape index (κ3) is 30.2. The summed E-state index contributed by atoms with van der Waals surface area (Å²) in [5.41, 5.74) is 0. The van der Waals surface area contributed by atoms with Crippen molar-refractivity contribution in [2.75, 3.05) is 13.2 Å². The minimum atomic E-state index is -0.862. The number of unbranched alkanes of at least 4 members (excludes halogenated alkanes) is 10. The van der Waals surface area contributed by atoms with Crippen molar-refractivity contribution in [2.24, 2.45) is 5.92 Å². The summed E-state index contributed by atoms with van der Waals surface area (Å²) in [5.74, 6) is -0.000651. The highest BCUT2D eigenvalue weighted by molar-refractivity contribution is 5.70. The summed E-state index contributed by atoms with van der Waals surface area (Å²) in [4.78, 5) is 24.2. The molecule has 7 heteroatoms. The molecular weight excluding hydrogens is 568 g/mol. The Morgan fingerprint density at radius 2 is 1.31 bits per heavy atom. The third-order valence-electron chi connectivity index (χ3n) is 7.86. The van der Waals surface area contributed by atoms with E-state index in [9.17, 15) is 24.9 Å². The van der Waals surface area contributed by atoms with E-state index in [2.05, 4.69) is 26.8 Å². The van der Waals surface area contributed by atoms with E-state index in [1.54, 1.807) is 36.5 Å². The van der Waals surface area contributed by atoms with Crippen LogP contribution in [0.5, 0.6) is 0 Å². The molecule has 0 bridgehead atoms. The van der Waals surface area contributed by atoms with Gasteiger partial charge in [0.2, 0.25) is 0 Å². The van der Waals surface area contributed by atoms with Crippen molar-refractivity contribution in [3.05, 3.63) is 48.6 Å². The second-order valence-electron chi connectivity index (χ2n) is 12.2. The molecule has 4 atom stereocenters. The highest BCUT2D eigenvalue weighted by Crippen LogP contribution is 2.15. The number of ether oxygens (including phenoxy) is 2. The summed E-state index contributed by atoms with van der Waals surface area (Å²) >= 11 is 0. The molecule has 0 rings (SSSR count).